The van der Waals surface area contributed by atoms with Gasteiger partial charge >= 0.3 is 0 Å². The molecule has 0 saturated carbocycles. The zero-order valence-corrected chi connectivity index (χ0v) is 13.5. The molecular formula is C13H15Cl3N4. The number of hydrogen-bond acceptors (Lipinski definition) is 3. The summed E-state index contributed by atoms with van der Waals surface area (Å²) in [7, 11) is 0. The molecule has 2 rings (SSSR count). The Morgan fingerprint density at radius 2 is 2.00 bits per heavy atom. The quantitative estimate of drug-likeness (QED) is 0.837. The van der Waals surface area contributed by atoms with Crippen molar-refractivity contribution in [2.75, 3.05) is 0 Å². The number of nitrogens with one attached hydrogen (secondary N) is 1. The minimum atomic E-state index is 0.0271. The summed E-state index contributed by atoms with van der Waals surface area (Å²) in [5, 5.41) is 12.7. The van der Waals surface area contributed by atoms with Crippen LogP contribution in [0.5, 0.6) is 0 Å². The van der Waals surface area contributed by atoms with Gasteiger partial charge in [-0.25, -0.2) is 0 Å². The Hall–Kier alpha value is -0.810. The van der Waals surface area contributed by atoms with Crippen LogP contribution in [0, 0.1) is 0 Å². The summed E-state index contributed by atoms with van der Waals surface area (Å²) in [5.41, 5.74) is 0.906. The largest absolute Gasteiger partial charge is 0.317 e. The van der Waals surface area contributed by atoms with E-state index < -0.39 is 0 Å². The van der Waals surface area contributed by atoms with Gasteiger partial charge in [0.25, 0.3) is 0 Å². The predicted molar refractivity (Wildman–Crippen MR) is 82.4 cm³/mol. The van der Waals surface area contributed by atoms with Crippen molar-refractivity contribution in [3.63, 3.8) is 0 Å². The monoisotopic (exact) mass is 332 g/mol. The topological polar surface area (TPSA) is 42.7 Å². The van der Waals surface area contributed by atoms with Gasteiger partial charge in [0, 0.05) is 12.6 Å². The second kappa shape index (κ2) is 6.76. The summed E-state index contributed by atoms with van der Waals surface area (Å²) in [5.74, 6) is 0.885. The van der Waals surface area contributed by atoms with Crippen LogP contribution in [0.1, 0.15) is 31.3 Å². The van der Waals surface area contributed by atoms with Crippen molar-refractivity contribution < 1.29 is 0 Å². The molecule has 0 aliphatic heterocycles. The summed E-state index contributed by atoms with van der Waals surface area (Å²) < 4.78 is 1.98. The lowest BCUT2D eigenvalue weighted by Gasteiger charge is -2.16. The predicted octanol–water partition coefficient (Wildman–Crippen LogP) is 4.11. The molecule has 0 aliphatic carbocycles. The second-order valence-corrected chi connectivity index (χ2v) is 5.56. The first-order valence-corrected chi connectivity index (χ1v) is 7.41. The van der Waals surface area contributed by atoms with E-state index in [2.05, 4.69) is 15.5 Å². The molecule has 0 amide bonds. The van der Waals surface area contributed by atoms with Gasteiger partial charge in [0.05, 0.1) is 21.6 Å². The van der Waals surface area contributed by atoms with Crippen molar-refractivity contribution in [1.29, 1.82) is 0 Å². The molecule has 0 spiro atoms. The van der Waals surface area contributed by atoms with Crippen LogP contribution >= 0.6 is 34.8 Å². The van der Waals surface area contributed by atoms with E-state index in [0.29, 0.717) is 21.6 Å². The van der Waals surface area contributed by atoms with Crippen molar-refractivity contribution in [3.8, 4) is 0 Å². The molecule has 0 bridgehead atoms. The zero-order valence-electron chi connectivity index (χ0n) is 11.2. The van der Waals surface area contributed by atoms with Crippen molar-refractivity contribution in [2.24, 2.45) is 0 Å². The number of aryl methyl sites for hydroxylation is 1. The van der Waals surface area contributed by atoms with E-state index in [1.54, 1.807) is 12.4 Å². The Balaban J connectivity index is 2.09. The van der Waals surface area contributed by atoms with Gasteiger partial charge in [-0.15, -0.1) is 10.2 Å². The lowest BCUT2D eigenvalue weighted by Crippen LogP contribution is -2.21. The smallest absolute Gasteiger partial charge is 0.146 e. The van der Waals surface area contributed by atoms with Gasteiger partial charge in [-0.05, 0) is 25.5 Å². The van der Waals surface area contributed by atoms with Crippen LogP contribution in [-0.2, 0) is 13.1 Å². The van der Waals surface area contributed by atoms with Gasteiger partial charge in [0.2, 0.25) is 0 Å². The summed E-state index contributed by atoms with van der Waals surface area (Å²) >= 11 is 18.2. The summed E-state index contributed by atoms with van der Waals surface area (Å²) in [6.07, 6.45) is 1.72. The van der Waals surface area contributed by atoms with E-state index in [4.69, 9.17) is 34.8 Å². The highest BCUT2D eigenvalue weighted by atomic mass is 35.5. The first kappa shape index (κ1) is 15.6. The second-order valence-electron chi connectivity index (χ2n) is 4.40. The minimum absolute atomic E-state index is 0.0271. The van der Waals surface area contributed by atoms with E-state index in [1.807, 2.05) is 24.5 Å². The molecule has 0 radical (unpaired) electrons. The molecule has 2 aromatic rings. The molecule has 0 fully saturated rings. The van der Waals surface area contributed by atoms with Crippen LogP contribution in [0.2, 0.25) is 15.1 Å². The van der Waals surface area contributed by atoms with Crippen molar-refractivity contribution in [3.05, 3.63) is 44.9 Å². The molecule has 1 N–H and O–H groups in total. The third-order valence-corrected chi connectivity index (χ3v) is 4.44. The van der Waals surface area contributed by atoms with E-state index in [-0.39, 0.29) is 6.04 Å². The minimum Gasteiger partial charge on any atom is -0.317 e. The number of benzene rings is 1. The van der Waals surface area contributed by atoms with Crippen molar-refractivity contribution in [1.82, 2.24) is 20.1 Å². The summed E-state index contributed by atoms with van der Waals surface area (Å²) in [4.78, 5) is 0. The maximum Gasteiger partial charge on any atom is 0.146 e. The highest BCUT2D eigenvalue weighted by Gasteiger charge is 2.14. The zero-order chi connectivity index (χ0) is 14.7. The lowest BCUT2D eigenvalue weighted by molar-refractivity contribution is 0.539. The first-order chi connectivity index (χ1) is 9.54. The van der Waals surface area contributed by atoms with Gasteiger partial charge in [0.1, 0.15) is 12.2 Å². The van der Waals surface area contributed by atoms with E-state index in [0.717, 1.165) is 17.9 Å². The van der Waals surface area contributed by atoms with Crippen LogP contribution in [0.25, 0.3) is 0 Å². The van der Waals surface area contributed by atoms with Gasteiger partial charge in [0.15, 0.2) is 0 Å². The fourth-order valence-corrected chi connectivity index (χ4v) is 2.62. The molecule has 1 aromatic carbocycles. The van der Waals surface area contributed by atoms with E-state index in [1.165, 1.54) is 0 Å². The Morgan fingerprint density at radius 1 is 1.25 bits per heavy atom. The molecule has 1 aromatic heterocycles. The highest BCUT2D eigenvalue weighted by molar-refractivity contribution is 6.48. The lowest BCUT2D eigenvalue weighted by atomic mass is 10.1. The fourth-order valence-electron chi connectivity index (χ4n) is 1.91. The van der Waals surface area contributed by atoms with Crippen LogP contribution in [-0.4, -0.2) is 14.8 Å². The average Bonchev–Trinajstić information content (AvgIpc) is 2.90. The number of nitrogens with zero attached hydrogens (tertiary/aromatic N) is 3. The van der Waals surface area contributed by atoms with Gasteiger partial charge in [-0.1, -0.05) is 40.9 Å². The summed E-state index contributed by atoms with van der Waals surface area (Å²) in [6.45, 7) is 5.50. The Bertz CT molecular complexity index is 597. The molecule has 0 aliphatic rings. The van der Waals surface area contributed by atoms with E-state index in [9.17, 15) is 0 Å². The maximum atomic E-state index is 6.22. The van der Waals surface area contributed by atoms with Crippen molar-refractivity contribution in [2.45, 2.75) is 33.0 Å². The molecule has 4 nitrogen and oxygen atoms in total. The Labute approximate surface area is 133 Å². The molecule has 1 unspecified atom stereocenters. The van der Waals surface area contributed by atoms with Gasteiger partial charge in [-0.2, -0.15) is 0 Å². The maximum absolute atomic E-state index is 6.22. The van der Waals surface area contributed by atoms with Crippen LogP contribution in [0.3, 0.4) is 0 Å². The molecule has 1 atom stereocenters. The van der Waals surface area contributed by atoms with Crippen LogP contribution in [0.4, 0.5) is 0 Å². The Kier molecular flexibility index (Phi) is 5.27. The third kappa shape index (κ3) is 3.26. The van der Waals surface area contributed by atoms with Gasteiger partial charge in [-0.3, -0.25) is 0 Å². The SMILES string of the molecule is CCn1cnnc1CNC(C)c1ccc(Cl)c(Cl)c1Cl. The molecule has 0 saturated heterocycles. The van der Waals surface area contributed by atoms with Gasteiger partial charge < -0.3 is 9.88 Å². The Morgan fingerprint density at radius 3 is 2.70 bits per heavy atom. The van der Waals surface area contributed by atoms with Crippen molar-refractivity contribution >= 4 is 34.8 Å². The normalized spacial score (nSPS) is 12.7. The number of hydrogen-bond donors (Lipinski definition) is 1. The molecule has 108 valence electrons. The highest BCUT2D eigenvalue weighted by Crippen LogP contribution is 2.35. The standard InChI is InChI=1S/C13H15Cl3N4/c1-3-20-7-18-19-11(20)6-17-8(2)9-4-5-10(14)13(16)12(9)15/h4-5,7-8,17H,3,6H2,1-2H3. The number of aromatic nitrogens is 3. The molecule has 7 heteroatoms. The number of halogens is 3. The van der Waals surface area contributed by atoms with E-state index >= 15 is 0 Å². The van der Waals surface area contributed by atoms with Crippen LogP contribution < -0.4 is 5.32 Å². The van der Waals surface area contributed by atoms with Crippen LogP contribution in [0.15, 0.2) is 18.5 Å². The number of rotatable bonds is 5. The first-order valence-electron chi connectivity index (χ1n) is 6.28. The average molecular weight is 334 g/mol. The molecular weight excluding hydrogens is 319 g/mol. The summed E-state index contributed by atoms with van der Waals surface area (Å²) in [6, 6.07) is 3.65. The molecule has 20 heavy (non-hydrogen) atoms. The third-order valence-electron chi connectivity index (χ3n) is 3.13. The molecule has 1 heterocycles. The fraction of sp³-hybridized carbons (Fsp3) is 0.385.